The molecule has 1 amide bonds. The second-order valence-electron chi connectivity index (χ2n) is 4.29. The van der Waals surface area contributed by atoms with E-state index in [0.717, 1.165) is 11.8 Å². The first-order valence-corrected chi connectivity index (χ1v) is 6.18. The van der Waals surface area contributed by atoms with Crippen LogP contribution >= 0.6 is 11.6 Å². The van der Waals surface area contributed by atoms with Crippen LogP contribution in [0, 0.1) is 5.82 Å². The Hall–Kier alpha value is -1.55. The molecule has 0 bridgehead atoms. The van der Waals surface area contributed by atoms with Crippen LogP contribution in [-0.4, -0.2) is 16.9 Å². The van der Waals surface area contributed by atoms with Gasteiger partial charge in [-0.1, -0.05) is 18.5 Å². The number of fused-ring (bicyclic) bond motifs is 1. The molecule has 0 aliphatic carbocycles. The highest BCUT2D eigenvalue weighted by Gasteiger charge is 2.14. The number of rotatable bonds is 3. The largest absolute Gasteiger partial charge is 0.349 e. The Kier molecular flexibility index (Phi) is 3.57. The van der Waals surface area contributed by atoms with E-state index in [2.05, 4.69) is 10.3 Å². The highest BCUT2D eigenvalue weighted by atomic mass is 35.5. The normalized spacial score (nSPS) is 12.7. The van der Waals surface area contributed by atoms with E-state index in [1.165, 1.54) is 6.07 Å². The molecule has 0 saturated heterocycles. The molecule has 0 saturated carbocycles. The number of carbonyl (C=O) groups is 1. The van der Waals surface area contributed by atoms with E-state index in [-0.39, 0.29) is 17.0 Å². The number of aromatic nitrogens is 1. The van der Waals surface area contributed by atoms with Crippen molar-refractivity contribution in [2.75, 3.05) is 0 Å². The van der Waals surface area contributed by atoms with Crippen molar-refractivity contribution in [1.82, 2.24) is 10.3 Å². The molecule has 0 radical (unpaired) electrons. The minimum Gasteiger partial charge on any atom is -0.349 e. The van der Waals surface area contributed by atoms with Crippen molar-refractivity contribution < 1.29 is 9.18 Å². The second-order valence-corrected chi connectivity index (χ2v) is 4.67. The number of amides is 1. The molecule has 1 atom stereocenters. The third-order valence-electron chi connectivity index (χ3n) is 2.92. The van der Waals surface area contributed by atoms with Gasteiger partial charge in [0.1, 0.15) is 16.5 Å². The van der Waals surface area contributed by atoms with Crippen LogP contribution in [0.25, 0.3) is 10.9 Å². The molecule has 2 aromatic rings. The molecule has 0 aliphatic heterocycles. The molecule has 1 aromatic carbocycles. The average Bonchev–Trinajstić information content (AvgIpc) is 2.78. The van der Waals surface area contributed by atoms with Crippen molar-refractivity contribution in [2.24, 2.45) is 0 Å². The summed E-state index contributed by atoms with van der Waals surface area (Å²) in [4.78, 5) is 14.8. The Labute approximate surface area is 109 Å². The van der Waals surface area contributed by atoms with Gasteiger partial charge in [-0.3, -0.25) is 4.79 Å². The van der Waals surface area contributed by atoms with Gasteiger partial charge < -0.3 is 10.3 Å². The molecule has 5 heteroatoms. The number of benzene rings is 1. The van der Waals surface area contributed by atoms with Crippen LogP contribution in [0.4, 0.5) is 4.39 Å². The maximum atomic E-state index is 13.3. The molecule has 1 aromatic heterocycles. The van der Waals surface area contributed by atoms with Crippen LogP contribution in [-0.2, 0) is 0 Å². The van der Waals surface area contributed by atoms with Crippen LogP contribution in [0.2, 0.25) is 5.02 Å². The van der Waals surface area contributed by atoms with Gasteiger partial charge in [0.05, 0.1) is 5.52 Å². The van der Waals surface area contributed by atoms with Crippen LogP contribution < -0.4 is 5.32 Å². The first kappa shape index (κ1) is 12.9. The lowest BCUT2D eigenvalue weighted by Crippen LogP contribution is -2.32. The van der Waals surface area contributed by atoms with Crippen molar-refractivity contribution in [1.29, 1.82) is 0 Å². The van der Waals surface area contributed by atoms with Crippen LogP contribution in [0.3, 0.4) is 0 Å². The zero-order valence-corrected chi connectivity index (χ0v) is 10.9. The van der Waals surface area contributed by atoms with Gasteiger partial charge in [0, 0.05) is 11.4 Å². The Balaban J connectivity index is 2.36. The summed E-state index contributed by atoms with van der Waals surface area (Å²) >= 11 is 5.84. The number of carbonyl (C=O) groups excluding carboxylic acids is 1. The van der Waals surface area contributed by atoms with E-state index in [1.54, 1.807) is 12.1 Å². The fourth-order valence-corrected chi connectivity index (χ4v) is 1.88. The first-order valence-electron chi connectivity index (χ1n) is 5.80. The smallest absolute Gasteiger partial charge is 0.267 e. The molecular formula is C13H14ClFN2O. The maximum Gasteiger partial charge on any atom is 0.267 e. The summed E-state index contributed by atoms with van der Waals surface area (Å²) in [7, 11) is 0. The van der Waals surface area contributed by atoms with E-state index in [1.807, 2.05) is 13.8 Å². The van der Waals surface area contributed by atoms with Crippen LogP contribution in [0.1, 0.15) is 30.8 Å². The van der Waals surface area contributed by atoms with Gasteiger partial charge in [0.2, 0.25) is 0 Å². The average molecular weight is 269 g/mol. The van der Waals surface area contributed by atoms with Crippen molar-refractivity contribution in [3.63, 3.8) is 0 Å². The fourth-order valence-electron chi connectivity index (χ4n) is 1.67. The van der Waals surface area contributed by atoms with Crippen LogP contribution in [0.5, 0.6) is 0 Å². The molecule has 2 rings (SSSR count). The van der Waals surface area contributed by atoms with Gasteiger partial charge in [-0.05, 0) is 31.5 Å². The molecule has 1 heterocycles. The van der Waals surface area contributed by atoms with E-state index in [9.17, 15) is 9.18 Å². The van der Waals surface area contributed by atoms with E-state index >= 15 is 0 Å². The second kappa shape index (κ2) is 4.98. The highest BCUT2D eigenvalue weighted by Crippen LogP contribution is 2.26. The summed E-state index contributed by atoms with van der Waals surface area (Å²) in [6, 6.07) is 4.64. The molecular weight excluding hydrogens is 255 g/mol. The number of aromatic amines is 1. The Bertz CT molecular complexity index is 594. The van der Waals surface area contributed by atoms with E-state index in [4.69, 9.17) is 11.6 Å². The lowest BCUT2D eigenvalue weighted by atomic mass is 10.2. The van der Waals surface area contributed by atoms with E-state index in [0.29, 0.717) is 11.2 Å². The zero-order valence-electron chi connectivity index (χ0n) is 10.2. The maximum absolute atomic E-state index is 13.3. The predicted molar refractivity (Wildman–Crippen MR) is 70.5 cm³/mol. The highest BCUT2D eigenvalue weighted by molar-refractivity contribution is 6.35. The van der Waals surface area contributed by atoms with Gasteiger partial charge in [0.25, 0.3) is 5.91 Å². The molecule has 3 nitrogen and oxygen atoms in total. The fraction of sp³-hybridized carbons (Fsp3) is 0.308. The summed E-state index contributed by atoms with van der Waals surface area (Å²) < 4.78 is 13.3. The zero-order chi connectivity index (χ0) is 13.3. The summed E-state index contributed by atoms with van der Waals surface area (Å²) in [5, 5.41) is 3.56. The SMILES string of the molecule is CCC(C)NC(=O)c1cc2ccc(F)c(Cl)c2[nH]1. The summed E-state index contributed by atoms with van der Waals surface area (Å²) in [6.45, 7) is 3.91. The number of hydrogen-bond acceptors (Lipinski definition) is 1. The molecule has 0 fully saturated rings. The number of nitrogens with one attached hydrogen (secondary N) is 2. The Morgan fingerprint density at radius 1 is 1.56 bits per heavy atom. The summed E-state index contributed by atoms with van der Waals surface area (Å²) in [5.41, 5.74) is 0.837. The summed E-state index contributed by atoms with van der Waals surface area (Å²) in [5.74, 6) is -0.711. The molecule has 18 heavy (non-hydrogen) atoms. The van der Waals surface area contributed by atoms with Crippen LogP contribution in [0.15, 0.2) is 18.2 Å². The van der Waals surface area contributed by atoms with Crippen molar-refractivity contribution in [3.05, 3.63) is 34.7 Å². The minimum atomic E-state index is -0.500. The molecule has 1 unspecified atom stereocenters. The van der Waals surface area contributed by atoms with Crippen molar-refractivity contribution in [2.45, 2.75) is 26.3 Å². The third-order valence-corrected chi connectivity index (χ3v) is 3.29. The summed E-state index contributed by atoms with van der Waals surface area (Å²) in [6.07, 6.45) is 0.849. The van der Waals surface area contributed by atoms with E-state index < -0.39 is 5.82 Å². The standard InChI is InChI=1S/C13H14ClFN2O/c1-3-7(2)16-13(18)10-6-8-4-5-9(15)11(14)12(8)17-10/h4-7,17H,3H2,1-2H3,(H,16,18). The quantitative estimate of drug-likeness (QED) is 0.879. The Morgan fingerprint density at radius 2 is 2.28 bits per heavy atom. The molecule has 96 valence electrons. The monoisotopic (exact) mass is 268 g/mol. The third kappa shape index (κ3) is 2.34. The first-order chi connectivity index (χ1) is 8.52. The van der Waals surface area contributed by atoms with Crippen molar-refractivity contribution in [3.8, 4) is 0 Å². The van der Waals surface area contributed by atoms with Gasteiger partial charge in [0.15, 0.2) is 0 Å². The molecule has 0 aliphatic rings. The number of halogens is 2. The van der Waals surface area contributed by atoms with Gasteiger partial charge >= 0.3 is 0 Å². The van der Waals surface area contributed by atoms with Gasteiger partial charge in [-0.15, -0.1) is 0 Å². The lowest BCUT2D eigenvalue weighted by molar-refractivity contribution is 0.0935. The lowest BCUT2D eigenvalue weighted by Gasteiger charge is -2.09. The molecule has 2 N–H and O–H groups in total. The number of hydrogen-bond donors (Lipinski definition) is 2. The predicted octanol–water partition coefficient (Wildman–Crippen LogP) is 3.49. The molecule has 0 spiro atoms. The Morgan fingerprint density at radius 3 is 2.94 bits per heavy atom. The number of H-pyrrole nitrogens is 1. The minimum absolute atomic E-state index is 0.00934. The topological polar surface area (TPSA) is 44.9 Å². The van der Waals surface area contributed by atoms with Crippen molar-refractivity contribution >= 4 is 28.4 Å². The van der Waals surface area contributed by atoms with Gasteiger partial charge in [-0.25, -0.2) is 4.39 Å². The van der Waals surface area contributed by atoms with Gasteiger partial charge in [-0.2, -0.15) is 0 Å².